The lowest BCUT2D eigenvalue weighted by Gasteiger charge is -2.10. The maximum absolute atomic E-state index is 12.6. The van der Waals surface area contributed by atoms with Gasteiger partial charge in [-0.1, -0.05) is 36.4 Å². The molecule has 2 aromatic carbocycles. The third-order valence-electron chi connectivity index (χ3n) is 5.59. The third kappa shape index (κ3) is 4.06. The van der Waals surface area contributed by atoms with E-state index in [4.69, 9.17) is 0 Å². The molecular weight excluding hydrogens is 416 g/mol. The zero-order valence-corrected chi connectivity index (χ0v) is 18.2. The molecule has 8 heteroatoms. The van der Waals surface area contributed by atoms with Crippen molar-refractivity contribution in [2.45, 2.75) is 13.5 Å². The number of fused-ring (bicyclic) bond motifs is 2. The normalized spacial score (nSPS) is 11.1. The van der Waals surface area contributed by atoms with Crippen LogP contribution >= 0.6 is 0 Å². The number of urea groups is 1. The minimum atomic E-state index is -0.397. The van der Waals surface area contributed by atoms with Crippen molar-refractivity contribution in [2.75, 3.05) is 10.6 Å². The summed E-state index contributed by atoms with van der Waals surface area (Å²) in [6.07, 6.45) is 1.62. The SMILES string of the molecule is Cc1nn(Cc2ccccc2)c2ncc(NC(=O)Nc3ccc4ccc(=O)n(C)c4c3)cc12. The number of hydrogen-bond acceptors (Lipinski definition) is 4. The molecule has 2 amide bonds. The highest BCUT2D eigenvalue weighted by atomic mass is 16.2. The molecule has 0 aliphatic carbocycles. The summed E-state index contributed by atoms with van der Waals surface area (Å²) >= 11 is 0. The minimum Gasteiger partial charge on any atom is -0.311 e. The minimum absolute atomic E-state index is 0.105. The van der Waals surface area contributed by atoms with Crippen molar-refractivity contribution in [2.24, 2.45) is 7.05 Å². The summed E-state index contributed by atoms with van der Waals surface area (Å²) < 4.78 is 3.41. The van der Waals surface area contributed by atoms with E-state index in [-0.39, 0.29) is 5.56 Å². The molecule has 2 N–H and O–H groups in total. The molecule has 0 unspecified atom stereocenters. The molecule has 0 saturated heterocycles. The lowest BCUT2D eigenvalue weighted by molar-refractivity contribution is 0.262. The fourth-order valence-corrected chi connectivity index (χ4v) is 3.88. The molecular formula is C25H22N6O2. The predicted octanol–water partition coefficient (Wildman–Crippen LogP) is 4.28. The zero-order valence-electron chi connectivity index (χ0n) is 18.2. The van der Waals surface area contributed by atoms with Crippen LogP contribution in [0.25, 0.3) is 21.9 Å². The Kier molecular flexibility index (Phi) is 5.10. The highest BCUT2D eigenvalue weighted by molar-refractivity contribution is 6.01. The van der Waals surface area contributed by atoms with Gasteiger partial charge in [0.2, 0.25) is 0 Å². The van der Waals surface area contributed by atoms with Gasteiger partial charge in [-0.2, -0.15) is 5.10 Å². The van der Waals surface area contributed by atoms with Crippen LogP contribution in [0.15, 0.2) is 77.7 Å². The summed E-state index contributed by atoms with van der Waals surface area (Å²) in [5.41, 5.74) is 4.53. The first kappa shape index (κ1) is 20.4. The average molecular weight is 438 g/mol. The van der Waals surface area contributed by atoms with E-state index in [1.807, 2.05) is 54.1 Å². The number of rotatable bonds is 4. The molecule has 0 atom stereocenters. The lowest BCUT2D eigenvalue weighted by Crippen LogP contribution is -2.20. The number of carbonyl (C=O) groups is 1. The van der Waals surface area contributed by atoms with Crippen LogP contribution in [0.3, 0.4) is 0 Å². The van der Waals surface area contributed by atoms with Crippen molar-refractivity contribution in [3.63, 3.8) is 0 Å². The van der Waals surface area contributed by atoms with Crippen molar-refractivity contribution in [1.82, 2.24) is 19.3 Å². The Morgan fingerprint density at radius 3 is 2.55 bits per heavy atom. The molecule has 33 heavy (non-hydrogen) atoms. The van der Waals surface area contributed by atoms with Crippen molar-refractivity contribution in [3.8, 4) is 0 Å². The number of benzene rings is 2. The van der Waals surface area contributed by atoms with Crippen molar-refractivity contribution in [3.05, 3.63) is 94.5 Å². The van der Waals surface area contributed by atoms with Crippen LogP contribution in [0.5, 0.6) is 0 Å². The molecule has 0 fully saturated rings. The molecule has 0 aliphatic heterocycles. The van der Waals surface area contributed by atoms with Gasteiger partial charge in [0.25, 0.3) is 5.56 Å². The number of nitrogens with zero attached hydrogens (tertiary/aromatic N) is 4. The highest BCUT2D eigenvalue weighted by Crippen LogP contribution is 2.22. The quantitative estimate of drug-likeness (QED) is 0.438. The highest BCUT2D eigenvalue weighted by Gasteiger charge is 2.12. The summed E-state index contributed by atoms with van der Waals surface area (Å²) in [6, 6.07) is 20.3. The van der Waals surface area contributed by atoms with E-state index in [1.54, 1.807) is 36.0 Å². The van der Waals surface area contributed by atoms with Crippen LogP contribution < -0.4 is 16.2 Å². The average Bonchev–Trinajstić information content (AvgIpc) is 3.12. The van der Waals surface area contributed by atoms with Gasteiger partial charge in [-0.3, -0.25) is 4.79 Å². The Morgan fingerprint density at radius 2 is 1.73 bits per heavy atom. The van der Waals surface area contributed by atoms with Gasteiger partial charge >= 0.3 is 6.03 Å². The Labute approximate surface area is 189 Å². The standard InChI is InChI=1S/C25H22N6O2/c1-16-21-12-20(14-26-24(21)31(29-16)15-17-6-4-3-5-7-17)28-25(33)27-19-10-8-18-9-11-23(32)30(2)22(18)13-19/h3-14H,15H2,1-2H3,(H2,27,28,33). The number of carbonyl (C=O) groups excluding carboxylic acids is 1. The summed E-state index contributed by atoms with van der Waals surface area (Å²) in [7, 11) is 1.70. The van der Waals surface area contributed by atoms with E-state index in [9.17, 15) is 9.59 Å². The van der Waals surface area contributed by atoms with Gasteiger partial charge in [-0.15, -0.1) is 0 Å². The Morgan fingerprint density at radius 1 is 0.970 bits per heavy atom. The molecule has 3 heterocycles. The fraction of sp³-hybridized carbons (Fsp3) is 0.120. The van der Waals surface area contributed by atoms with E-state index in [0.717, 1.165) is 33.2 Å². The van der Waals surface area contributed by atoms with Gasteiger partial charge in [-0.05, 0) is 42.1 Å². The second-order valence-electron chi connectivity index (χ2n) is 7.91. The van der Waals surface area contributed by atoms with E-state index in [2.05, 4.69) is 20.7 Å². The molecule has 3 aromatic heterocycles. The van der Waals surface area contributed by atoms with Crippen LogP contribution in [-0.4, -0.2) is 25.4 Å². The second kappa shape index (κ2) is 8.23. The Bertz CT molecular complexity index is 1550. The Balaban J connectivity index is 1.35. The van der Waals surface area contributed by atoms with Crippen LogP contribution in [0.1, 0.15) is 11.3 Å². The van der Waals surface area contributed by atoms with Crippen LogP contribution in [0.2, 0.25) is 0 Å². The predicted molar refractivity (Wildman–Crippen MR) is 130 cm³/mol. The monoisotopic (exact) mass is 438 g/mol. The van der Waals surface area contributed by atoms with Gasteiger partial charge in [0, 0.05) is 24.2 Å². The number of anilines is 2. The van der Waals surface area contributed by atoms with Gasteiger partial charge in [0.1, 0.15) is 0 Å². The van der Waals surface area contributed by atoms with Gasteiger partial charge < -0.3 is 15.2 Å². The molecule has 164 valence electrons. The van der Waals surface area contributed by atoms with Crippen LogP contribution in [0.4, 0.5) is 16.2 Å². The molecule has 0 radical (unpaired) electrons. The molecule has 5 aromatic rings. The largest absolute Gasteiger partial charge is 0.323 e. The van der Waals surface area contributed by atoms with Crippen molar-refractivity contribution < 1.29 is 4.79 Å². The zero-order chi connectivity index (χ0) is 22.9. The summed E-state index contributed by atoms with van der Waals surface area (Å²) in [6.45, 7) is 2.55. The number of nitrogens with one attached hydrogen (secondary N) is 2. The number of aryl methyl sites for hydroxylation is 2. The van der Waals surface area contributed by atoms with Gasteiger partial charge in [0.05, 0.1) is 29.6 Å². The third-order valence-corrected chi connectivity index (χ3v) is 5.59. The van der Waals surface area contributed by atoms with Crippen molar-refractivity contribution in [1.29, 1.82) is 0 Å². The number of pyridine rings is 2. The fourth-order valence-electron chi connectivity index (χ4n) is 3.88. The van der Waals surface area contributed by atoms with Gasteiger partial charge in [-0.25, -0.2) is 14.5 Å². The molecule has 5 rings (SSSR count). The van der Waals surface area contributed by atoms with Crippen LogP contribution in [-0.2, 0) is 13.6 Å². The van der Waals surface area contributed by atoms with Crippen LogP contribution in [0, 0.1) is 6.92 Å². The van der Waals surface area contributed by atoms with E-state index in [0.29, 0.717) is 17.9 Å². The number of hydrogen-bond donors (Lipinski definition) is 2. The molecule has 8 nitrogen and oxygen atoms in total. The summed E-state index contributed by atoms with van der Waals surface area (Å²) in [5, 5.41) is 12.1. The summed E-state index contributed by atoms with van der Waals surface area (Å²) in [4.78, 5) is 29.0. The summed E-state index contributed by atoms with van der Waals surface area (Å²) in [5.74, 6) is 0. The van der Waals surface area contributed by atoms with Gasteiger partial charge in [0.15, 0.2) is 5.65 Å². The lowest BCUT2D eigenvalue weighted by atomic mass is 10.2. The van der Waals surface area contributed by atoms with Crippen molar-refractivity contribution >= 4 is 39.3 Å². The number of aromatic nitrogens is 4. The molecule has 0 bridgehead atoms. The molecule has 0 spiro atoms. The van der Waals surface area contributed by atoms with E-state index >= 15 is 0 Å². The maximum Gasteiger partial charge on any atom is 0.323 e. The smallest absolute Gasteiger partial charge is 0.311 e. The molecule has 0 saturated carbocycles. The first-order valence-corrected chi connectivity index (χ1v) is 10.5. The second-order valence-corrected chi connectivity index (χ2v) is 7.91. The maximum atomic E-state index is 12.6. The van der Waals surface area contributed by atoms with E-state index < -0.39 is 6.03 Å². The Hall–Kier alpha value is -4.46. The first-order chi connectivity index (χ1) is 16.0. The first-order valence-electron chi connectivity index (χ1n) is 10.5. The topological polar surface area (TPSA) is 93.8 Å². The number of amides is 2. The molecule has 0 aliphatic rings. The van der Waals surface area contributed by atoms with E-state index in [1.165, 1.54) is 6.07 Å².